The van der Waals surface area contributed by atoms with Gasteiger partial charge >= 0.3 is 12.1 Å². The molecule has 70 valence electrons. The van der Waals surface area contributed by atoms with Crippen LogP contribution in [-0.2, 0) is 9.53 Å². The molecule has 0 aromatic heterocycles. The van der Waals surface area contributed by atoms with Crippen LogP contribution < -0.4 is 5.32 Å². The second kappa shape index (κ2) is 5.60. The minimum atomic E-state index is -1.40. The molecule has 0 atom stereocenters. The van der Waals surface area contributed by atoms with Gasteiger partial charge in [0.15, 0.2) is 5.57 Å². The van der Waals surface area contributed by atoms with Gasteiger partial charge in [0.2, 0.25) is 0 Å². The molecule has 0 aliphatic heterocycles. The largest absolute Gasteiger partial charge is 0.477 e. The molecule has 0 radical (unpaired) electrons. The summed E-state index contributed by atoms with van der Waals surface area (Å²) in [6.45, 7) is 1.78. The van der Waals surface area contributed by atoms with E-state index in [1.807, 2.05) is 5.32 Å². The Morgan fingerprint density at radius 2 is 2.31 bits per heavy atom. The van der Waals surface area contributed by atoms with Crippen molar-refractivity contribution >= 4 is 12.1 Å². The number of hydrogen-bond donors (Lipinski definition) is 2. The van der Waals surface area contributed by atoms with Gasteiger partial charge in [-0.2, -0.15) is 5.26 Å². The third kappa shape index (κ3) is 4.42. The molecule has 0 spiro atoms. The predicted molar refractivity (Wildman–Crippen MR) is 41.5 cm³/mol. The molecule has 6 nitrogen and oxygen atoms in total. The summed E-state index contributed by atoms with van der Waals surface area (Å²) in [6, 6.07) is 1.39. The van der Waals surface area contributed by atoms with Gasteiger partial charge in [-0.1, -0.05) is 0 Å². The summed E-state index contributed by atoms with van der Waals surface area (Å²) < 4.78 is 4.42. The van der Waals surface area contributed by atoms with Crippen LogP contribution in [0.2, 0.25) is 0 Å². The number of amides is 1. The lowest BCUT2D eigenvalue weighted by molar-refractivity contribution is -0.132. The van der Waals surface area contributed by atoms with Crippen molar-refractivity contribution in [3.05, 3.63) is 11.8 Å². The summed E-state index contributed by atoms with van der Waals surface area (Å²) in [4.78, 5) is 20.8. The zero-order chi connectivity index (χ0) is 10.3. The molecule has 0 aliphatic carbocycles. The molecular formula is C7H8N2O4. The highest BCUT2D eigenvalue weighted by molar-refractivity contribution is 5.91. The van der Waals surface area contributed by atoms with Gasteiger partial charge in [-0.15, -0.1) is 0 Å². The van der Waals surface area contributed by atoms with Crippen molar-refractivity contribution in [2.75, 3.05) is 6.61 Å². The Labute approximate surface area is 74.4 Å². The van der Waals surface area contributed by atoms with Gasteiger partial charge in [0.25, 0.3) is 0 Å². The number of nitrogens with zero attached hydrogens (tertiary/aromatic N) is 1. The summed E-state index contributed by atoms with van der Waals surface area (Å²) in [5.74, 6) is -1.40. The molecule has 0 aromatic carbocycles. The van der Waals surface area contributed by atoms with Crippen molar-refractivity contribution in [2.45, 2.75) is 6.92 Å². The van der Waals surface area contributed by atoms with Gasteiger partial charge in [0.05, 0.1) is 6.61 Å². The van der Waals surface area contributed by atoms with E-state index in [1.165, 1.54) is 6.07 Å². The number of carboxylic acids is 1. The highest BCUT2D eigenvalue weighted by Crippen LogP contribution is 1.89. The van der Waals surface area contributed by atoms with Gasteiger partial charge in [-0.3, -0.25) is 5.32 Å². The molecule has 6 heteroatoms. The SMILES string of the molecule is CCOC(=O)NC=C(C#N)C(=O)O. The van der Waals surface area contributed by atoms with E-state index >= 15 is 0 Å². The van der Waals surface area contributed by atoms with Crippen LogP contribution in [0.3, 0.4) is 0 Å². The molecule has 0 saturated carbocycles. The zero-order valence-electron chi connectivity index (χ0n) is 6.90. The topological polar surface area (TPSA) is 99.4 Å². The van der Waals surface area contributed by atoms with Gasteiger partial charge in [-0.05, 0) is 6.92 Å². The van der Waals surface area contributed by atoms with Crippen LogP contribution in [0.5, 0.6) is 0 Å². The van der Waals surface area contributed by atoms with Crippen molar-refractivity contribution in [1.29, 1.82) is 5.26 Å². The zero-order valence-corrected chi connectivity index (χ0v) is 6.90. The van der Waals surface area contributed by atoms with E-state index in [2.05, 4.69) is 4.74 Å². The molecule has 2 N–H and O–H groups in total. The van der Waals surface area contributed by atoms with Crippen molar-refractivity contribution in [3.63, 3.8) is 0 Å². The fourth-order valence-electron chi connectivity index (χ4n) is 0.446. The Morgan fingerprint density at radius 3 is 2.69 bits per heavy atom. The Balaban J connectivity index is 4.17. The summed E-state index contributed by atoms with van der Waals surface area (Å²) in [5.41, 5.74) is -0.562. The number of nitriles is 1. The van der Waals surface area contributed by atoms with Crippen LogP contribution in [0.4, 0.5) is 4.79 Å². The number of carbonyl (C=O) groups excluding carboxylic acids is 1. The molecule has 0 aliphatic rings. The Hall–Kier alpha value is -2.03. The lowest BCUT2D eigenvalue weighted by atomic mass is 10.3. The molecular weight excluding hydrogens is 176 g/mol. The Morgan fingerprint density at radius 1 is 1.69 bits per heavy atom. The molecule has 0 rings (SSSR count). The standard InChI is InChI=1S/C7H8N2O4/c1-2-13-7(12)9-4-5(3-8)6(10)11/h4H,2H2,1H3,(H,9,12)(H,10,11). The molecule has 0 saturated heterocycles. The maximum Gasteiger partial charge on any atom is 0.411 e. The molecule has 0 heterocycles. The second-order valence-corrected chi connectivity index (χ2v) is 1.84. The van der Waals surface area contributed by atoms with E-state index in [4.69, 9.17) is 10.4 Å². The number of carboxylic acid groups (broad SMARTS) is 1. The smallest absolute Gasteiger partial charge is 0.411 e. The van der Waals surface area contributed by atoms with Crippen molar-refractivity contribution in [2.24, 2.45) is 0 Å². The second-order valence-electron chi connectivity index (χ2n) is 1.84. The maximum absolute atomic E-state index is 10.6. The third-order valence-corrected chi connectivity index (χ3v) is 0.961. The fourth-order valence-corrected chi connectivity index (χ4v) is 0.446. The number of nitrogens with one attached hydrogen (secondary N) is 1. The number of carbonyl (C=O) groups is 2. The Bertz CT molecular complexity index is 277. The van der Waals surface area contributed by atoms with Gasteiger partial charge in [-0.25, -0.2) is 9.59 Å². The average molecular weight is 184 g/mol. The average Bonchev–Trinajstić information content (AvgIpc) is 2.05. The van der Waals surface area contributed by atoms with E-state index in [1.54, 1.807) is 6.92 Å². The van der Waals surface area contributed by atoms with E-state index in [9.17, 15) is 9.59 Å². The summed E-state index contributed by atoms with van der Waals surface area (Å²) >= 11 is 0. The fraction of sp³-hybridized carbons (Fsp3) is 0.286. The van der Waals surface area contributed by atoms with E-state index in [0.717, 1.165) is 6.20 Å². The van der Waals surface area contributed by atoms with E-state index in [0.29, 0.717) is 0 Å². The lowest BCUT2D eigenvalue weighted by Crippen LogP contribution is -2.19. The van der Waals surface area contributed by atoms with Gasteiger partial charge in [0.1, 0.15) is 6.07 Å². The molecule has 0 fully saturated rings. The highest BCUT2D eigenvalue weighted by Gasteiger charge is 2.06. The number of hydrogen-bond acceptors (Lipinski definition) is 4. The molecule has 1 amide bonds. The van der Waals surface area contributed by atoms with Crippen LogP contribution >= 0.6 is 0 Å². The van der Waals surface area contributed by atoms with Crippen molar-refractivity contribution in [3.8, 4) is 6.07 Å². The van der Waals surface area contributed by atoms with Crippen molar-refractivity contribution < 1.29 is 19.4 Å². The van der Waals surface area contributed by atoms with Gasteiger partial charge < -0.3 is 9.84 Å². The molecule has 13 heavy (non-hydrogen) atoms. The highest BCUT2D eigenvalue weighted by atomic mass is 16.5. The quantitative estimate of drug-likeness (QED) is 0.483. The van der Waals surface area contributed by atoms with Crippen molar-refractivity contribution in [1.82, 2.24) is 5.32 Å². The molecule has 0 aromatic rings. The van der Waals surface area contributed by atoms with E-state index < -0.39 is 17.6 Å². The number of alkyl carbamates (subject to hydrolysis) is 1. The normalized spacial score (nSPS) is 10.0. The predicted octanol–water partition coefficient (Wildman–Crippen LogP) is 0.225. The first-order valence-electron chi connectivity index (χ1n) is 3.38. The van der Waals surface area contributed by atoms with Gasteiger partial charge in [0, 0.05) is 6.20 Å². The number of ether oxygens (including phenoxy) is 1. The summed E-state index contributed by atoms with van der Waals surface area (Å²) in [7, 11) is 0. The van der Waals surface area contributed by atoms with Crippen LogP contribution in [0.1, 0.15) is 6.92 Å². The monoisotopic (exact) mass is 184 g/mol. The first-order chi connectivity index (χ1) is 6.11. The summed E-state index contributed by atoms with van der Waals surface area (Å²) in [5, 5.41) is 18.6. The minimum absolute atomic E-state index is 0.175. The summed E-state index contributed by atoms with van der Waals surface area (Å²) in [6.07, 6.45) is -0.0168. The van der Waals surface area contributed by atoms with Crippen LogP contribution in [-0.4, -0.2) is 23.8 Å². The lowest BCUT2D eigenvalue weighted by Gasteiger charge is -1.98. The minimum Gasteiger partial charge on any atom is -0.477 e. The first kappa shape index (κ1) is 11.0. The third-order valence-electron chi connectivity index (χ3n) is 0.961. The van der Waals surface area contributed by atoms with E-state index in [-0.39, 0.29) is 6.61 Å². The Kier molecular flexibility index (Phi) is 4.72. The van der Waals surface area contributed by atoms with Crippen LogP contribution in [0.25, 0.3) is 0 Å². The number of aliphatic carboxylic acids is 1. The first-order valence-corrected chi connectivity index (χ1v) is 3.38. The van der Waals surface area contributed by atoms with Crippen LogP contribution in [0.15, 0.2) is 11.8 Å². The molecule has 0 unspecified atom stereocenters. The van der Waals surface area contributed by atoms with Crippen LogP contribution in [0, 0.1) is 11.3 Å². The maximum atomic E-state index is 10.6. The molecule has 0 bridgehead atoms. The number of rotatable bonds is 3.